The second kappa shape index (κ2) is 7.43. The summed E-state index contributed by atoms with van der Waals surface area (Å²) in [6, 6.07) is 14.1. The number of hydrogen-bond donors (Lipinski definition) is 0. The molecule has 1 amide bonds. The van der Waals surface area contributed by atoms with Crippen LogP contribution in [0.25, 0.3) is 10.8 Å². The van der Waals surface area contributed by atoms with E-state index in [0.29, 0.717) is 19.6 Å². The highest BCUT2D eigenvalue weighted by atomic mass is 35.5. The SMILES string of the molecule is COCC(Cl)CN(C)C(=O)Cc1cccc2ccccc12. The van der Waals surface area contributed by atoms with E-state index in [0.717, 1.165) is 16.3 Å². The Morgan fingerprint density at radius 1 is 1.24 bits per heavy atom. The third-order valence-electron chi connectivity index (χ3n) is 3.47. The van der Waals surface area contributed by atoms with E-state index in [1.165, 1.54) is 0 Å². The van der Waals surface area contributed by atoms with Gasteiger partial charge in [0.25, 0.3) is 0 Å². The standard InChI is InChI=1S/C17H20ClNO2/c1-19(11-15(18)12-21-2)17(20)10-14-8-5-7-13-6-3-4-9-16(13)14/h3-9,15H,10-12H2,1-2H3. The molecular formula is C17H20ClNO2. The van der Waals surface area contributed by atoms with Crippen LogP contribution < -0.4 is 0 Å². The topological polar surface area (TPSA) is 29.5 Å². The maximum atomic E-state index is 12.3. The second-order valence-corrected chi connectivity index (χ2v) is 5.76. The normalized spacial score (nSPS) is 12.3. The molecule has 3 nitrogen and oxygen atoms in total. The highest BCUT2D eigenvalue weighted by molar-refractivity contribution is 6.21. The molecule has 2 aromatic rings. The third-order valence-corrected chi connectivity index (χ3v) is 3.73. The Hall–Kier alpha value is -1.58. The first-order chi connectivity index (χ1) is 10.1. The van der Waals surface area contributed by atoms with Gasteiger partial charge < -0.3 is 9.64 Å². The van der Waals surface area contributed by atoms with Crippen LogP contribution in [0.5, 0.6) is 0 Å². The Kier molecular flexibility index (Phi) is 5.59. The number of alkyl halides is 1. The Balaban J connectivity index is 2.07. The summed E-state index contributed by atoms with van der Waals surface area (Å²) >= 11 is 6.10. The van der Waals surface area contributed by atoms with E-state index >= 15 is 0 Å². The molecule has 1 unspecified atom stereocenters. The van der Waals surface area contributed by atoms with Gasteiger partial charge in [-0.05, 0) is 16.3 Å². The zero-order valence-electron chi connectivity index (χ0n) is 12.4. The predicted octanol–water partition coefficient (Wildman–Crippen LogP) is 3.09. The van der Waals surface area contributed by atoms with E-state index in [1.807, 2.05) is 30.3 Å². The molecule has 0 aliphatic heterocycles. The van der Waals surface area contributed by atoms with Crippen molar-refractivity contribution in [1.82, 2.24) is 4.90 Å². The number of ether oxygens (including phenoxy) is 1. The number of carbonyl (C=O) groups is 1. The van der Waals surface area contributed by atoms with Crippen molar-refractivity contribution >= 4 is 28.3 Å². The monoisotopic (exact) mass is 305 g/mol. The van der Waals surface area contributed by atoms with Crippen molar-refractivity contribution < 1.29 is 9.53 Å². The number of likely N-dealkylation sites (N-methyl/N-ethyl adjacent to an activating group) is 1. The van der Waals surface area contributed by atoms with Gasteiger partial charge in [0.05, 0.1) is 18.4 Å². The van der Waals surface area contributed by atoms with Crippen molar-refractivity contribution in [2.24, 2.45) is 0 Å². The van der Waals surface area contributed by atoms with Crippen LogP contribution in [0.15, 0.2) is 42.5 Å². The van der Waals surface area contributed by atoms with E-state index in [9.17, 15) is 4.79 Å². The quantitative estimate of drug-likeness (QED) is 0.768. The summed E-state index contributed by atoms with van der Waals surface area (Å²) in [5.74, 6) is 0.0631. The van der Waals surface area contributed by atoms with Gasteiger partial charge in [-0.25, -0.2) is 0 Å². The minimum Gasteiger partial charge on any atom is -0.383 e. The number of rotatable bonds is 6. The minimum absolute atomic E-state index is 0.0631. The fourth-order valence-electron chi connectivity index (χ4n) is 2.38. The molecule has 0 aromatic heterocycles. The van der Waals surface area contributed by atoms with Crippen LogP contribution in [0, 0.1) is 0 Å². The van der Waals surface area contributed by atoms with E-state index in [2.05, 4.69) is 12.1 Å². The van der Waals surface area contributed by atoms with Gasteiger partial charge in [-0.15, -0.1) is 11.6 Å². The Morgan fingerprint density at radius 3 is 2.71 bits per heavy atom. The van der Waals surface area contributed by atoms with Crippen molar-refractivity contribution in [3.63, 3.8) is 0 Å². The number of fused-ring (bicyclic) bond motifs is 1. The van der Waals surface area contributed by atoms with Crippen LogP contribution in [0.2, 0.25) is 0 Å². The predicted molar refractivity (Wildman–Crippen MR) is 86.8 cm³/mol. The van der Waals surface area contributed by atoms with Crippen LogP contribution in [-0.2, 0) is 16.0 Å². The third kappa shape index (κ3) is 4.19. The number of methoxy groups -OCH3 is 1. The summed E-state index contributed by atoms with van der Waals surface area (Å²) in [5.41, 5.74) is 1.04. The first kappa shape index (κ1) is 15.8. The summed E-state index contributed by atoms with van der Waals surface area (Å²) in [7, 11) is 3.38. The molecule has 2 aromatic carbocycles. The molecule has 0 saturated carbocycles. The molecule has 112 valence electrons. The minimum atomic E-state index is -0.184. The van der Waals surface area contributed by atoms with Crippen molar-refractivity contribution in [2.45, 2.75) is 11.8 Å². The molecule has 0 aliphatic carbocycles. The Labute approximate surface area is 130 Å². The molecule has 2 rings (SSSR count). The molecule has 0 bridgehead atoms. The molecule has 0 aliphatic rings. The first-order valence-corrected chi connectivity index (χ1v) is 7.39. The smallest absolute Gasteiger partial charge is 0.226 e. The van der Waals surface area contributed by atoms with Gasteiger partial charge in [0.1, 0.15) is 0 Å². The maximum Gasteiger partial charge on any atom is 0.226 e. The zero-order chi connectivity index (χ0) is 15.2. The zero-order valence-corrected chi connectivity index (χ0v) is 13.1. The summed E-state index contributed by atoms with van der Waals surface area (Å²) in [6.07, 6.45) is 0.383. The van der Waals surface area contributed by atoms with Gasteiger partial charge in [0.15, 0.2) is 0 Å². The number of halogens is 1. The van der Waals surface area contributed by atoms with Crippen LogP contribution in [0.4, 0.5) is 0 Å². The second-order valence-electron chi connectivity index (χ2n) is 5.14. The fraction of sp³-hybridized carbons (Fsp3) is 0.353. The Morgan fingerprint density at radius 2 is 1.95 bits per heavy atom. The number of amides is 1. The number of benzene rings is 2. The molecule has 1 atom stereocenters. The van der Waals surface area contributed by atoms with Gasteiger partial charge in [0, 0.05) is 20.7 Å². The van der Waals surface area contributed by atoms with E-state index in [4.69, 9.17) is 16.3 Å². The number of nitrogens with zero attached hydrogens (tertiary/aromatic N) is 1. The molecule has 0 N–H and O–H groups in total. The van der Waals surface area contributed by atoms with Crippen molar-refractivity contribution in [2.75, 3.05) is 27.3 Å². The van der Waals surface area contributed by atoms with Crippen LogP contribution in [0.1, 0.15) is 5.56 Å². The number of carbonyl (C=O) groups excluding carboxylic acids is 1. The molecular weight excluding hydrogens is 286 g/mol. The van der Waals surface area contributed by atoms with Crippen molar-refractivity contribution in [1.29, 1.82) is 0 Å². The molecule has 0 spiro atoms. The summed E-state index contributed by atoms with van der Waals surface area (Å²) in [4.78, 5) is 14.0. The van der Waals surface area contributed by atoms with E-state index in [-0.39, 0.29) is 11.3 Å². The van der Waals surface area contributed by atoms with Crippen molar-refractivity contribution in [3.8, 4) is 0 Å². The molecule has 0 radical (unpaired) electrons. The summed E-state index contributed by atoms with van der Waals surface area (Å²) < 4.78 is 4.99. The average Bonchev–Trinajstić information content (AvgIpc) is 2.47. The lowest BCUT2D eigenvalue weighted by molar-refractivity contribution is -0.129. The lowest BCUT2D eigenvalue weighted by Crippen LogP contribution is -2.34. The van der Waals surface area contributed by atoms with Crippen LogP contribution in [-0.4, -0.2) is 43.5 Å². The fourth-order valence-corrected chi connectivity index (χ4v) is 2.71. The lowest BCUT2D eigenvalue weighted by Gasteiger charge is -2.20. The molecule has 4 heteroatoms. The molecule has 0 fully saturated rings. The van der Waals surface area contributed by atoms with Gasteiger partial charge >= 0.3 is 0 Å². The van der Waals surface area contributed by atoms with Gasteiger partial charge in [0.2, 0.25) is 5.91 Å². The average molecular weight is 306 g/mol. The van der Waals surface area contributed by atoms with Crippen LogP contribution in [0.3, 0.4) is 0 Å². The summed E-state index contributed by atoms with van der Waals surface area (Å²) in [6.45, 7) is 0.923. The highest BCUT2D eigenvalue weighted by Gasteiger charge is 2.15. The van der Waals surface area contributed by atoms with Gasteiger partial charge in [-0.2, -0.15) is 0 Å². The van der Waals surface area contributed by atoms with E-state index < -0.39 is 0 Å². The van der Waals surface area contributed by atoms with Crippen molar-refractivity contribution in [3.05, 3.63) is 48.0 Å². The Bertz CT molecular complexity index is 609. The maximum absolute atomic E-state index is 12.3. The van der Waals surface area contributed by atoms with E-state index in [1.54, 1.807) is 19.1 Å². The van der Waals surface area contributed by atoms with Gasteiger partial charge in [-0.1, -0.05) is 42.5 Å². The highest BCUT2D eigenvalue weighted by Crippen LogP contribution is 2.19. The number of hydrogen-bond acceptors (Lipinski definition) is 2. The largest absolute Gasteiger partial charge is 0.383 e. The lowest BCUT2D eigenvalue weighted by atomic mass is 10.0. The molecule has 0 saturated heterocycles. The first-order valence-electron chi connectivity index (χ1n) is 6.95. The van der Waals surface area contributed by atoms with Gasteiger partial charge in [-0.3, -0.25) is 4.79 Å². The summed E-state index contributed by atoms with van der Waals surface area (Å²) in [5, 5.41) is 2.09. The molecule has 21 heavy (non-hydrogen) atoms. The molecule has 0 heterocycles. The van der Waals surface area contributed by atoms with Crippen LogP contribution >= 0.6 is 11.6 Å².